The molecular formula is C20H21KO4. The molecule has 0 amide bonds. The predicted molar refractivity (Wildman–Crippen MR) is 91.1 cm³/mol. The van der Waals surface area contributed by atoms with Gasteiger partial charge in [0, 0.05) is 11.1 Å². The van der Waals surface area contributed by atoms with Gasteiger partial charge in [-0.05, 0) is 50.3 Å². The van der Waals surface area contributed by atoms with Gasteiger partial charge in [0.2, 0.25) is 0 Å². The molecular weight excluding hydrogens is 343 g/mol. The maximum absolute atomic E-state index is 11.5. The molecule has 126 valence electrons. The van der Waals surface area contributed by atoms with Gasteiger partial charge in [-0.25, -0.2) is 0 Å². The number of phenolic OH excluding ortho intramolecular Hbond substituents is 1. The molecule has 0 atom stereocenters. The molecule has 0 spiro atoms. The van der Waals surface area contributed by atoms with Crippen LogP contribution in [0.25, 0.3) is 0 Å². The number of aromatic hydroxyl groups is 2. The summed E-state index contributed by atoms with van der Waals surface area (Å²) >= 11 is 0. The fourth-order valence-electron chi connectivity index (χ4n) is 2.60. The zero-order valence-corrected chi connectivity index (χ0v) is 18.0. The van der Waals surface area contributed by atoms with E-state index in [1.807, 2.05) is 50.3 Å². The van der Waals surface area contributed by atoms with Gasteiger partial charge in [-0.1, -0.05) is 42.0 Å². The van der Waals surface area contributed by atoms with Crippen molar-refractivity contribution >= 4 is 5.97 Å². The van der Waals surface area contributed by atoms with E-state index >= 15 is 0 Å². The van der Waals surface area contributed by atoms with Crippen LogP contribution in [0.15, 0.2) is 48.0 Å². The van der Waals surface area contributed by atoms with Gasteiger partial charge in [-0.15, -0.1) is 0 Å². The van der Waals surface area contributed by atoms with E-state index < -0.39 is 11.7 Å². The number of allylic oxidation sites excluding steroid dienone is 2. The zero-order valence-electron chi connectivity index (χ0n) is 14.9. The molecule has 2 N–H and O–H groups in total. The zero-order chi connectivity index (χ0) is 17.7. The van der Waals surface area contributed by atoms with E-state index in [1.54, 1.807) is 0 Å². The first kappa shape index (κ1) is 21.9. The molecule has 4 nitrogen and oxygen atoms in total. The summed E-state index contributed by atoms with van der Waals surface area (Å²) in [7, 11) is 0. The van der Waals surface area contributed by atoms with Crippen molar-refractivity contribution in [1.82, 2.24) is 0 Å². The number of hydrogen-bond donors (Lipinski definition) is 2. The molecule has 0 aliphatic rings. The number of carbonyl (C=O) groups excluding carboxylic acids is 1. The first-order valence-electron chi connectivity index (χ1n) is 7.85. The number of carboxylic acid groups (broad SMARTS) is 1. The second-order valence-corrected chi connectivity index (χ2v) is 6.02. The van der Waals surface area contributed by atoms with Crippen LogP contribution in [0.4, 0.5) is 0 Å². The van der Waals surface area contributed by atoms with E-state index in [0.717, 1.165) is 11.1 Å². The Labute approximate surface area is 190 Å². The van der Waals surface area contributed by atoms with Crippen LogP contribution in [-0.4, -0.2) is 16.2 Å². The number of rotatable bonds is 6. The van der Waals surface area contributed by atoms with Gasteiger partial charge in [0.1, 0.15) is 11.5 Å². The Morgan fingerprint density at radius 1 is 1.12 bits per heavy atom. The fraction of sp³-hybridized carbons (Fsp3) is 0.250. The van der Waals surface area contributed by atoms with Crippen molar-refractivity contribution in [1.29, 1.82) is 0 Å². The molecule has 0 aliphatic carbocycles. The number of aryl methyl sites for hydroxylation is 2. The minimum atomic E-state index is -1.44. The topological polar surface area (TPSA) is 80.6 Å². The Bertz CT molecular complexity index is 763. The van der Waals surface area contributed by atoms with Gasteiger partial charge in [0.05, 0.1) is 5.97 Å². The van der Waals surface area contributed by atoms with Gasteiger partial charge >= 0.3 is 51.4 Å². The van der Waals surface area contributed by atoms with Crippen LogP contribution < -0.4 is 56.5 Å². The molecule has 0 unspecified atom stereocenters. The molecule has 0 saturated carbocycles. The van der Waals surface area contributed by atoms with E-state index in [9.17, 15) is 20.1 Å². The van der Waals surface area contributed by atoms with Gasteiger partial charge in [-0.3, -0.25) is 0 Å². The molecule has 0 bridgehead atoms. The first-order chi connectivity index (χ1) is 11.4. The minimum absolute atomic E-state index is 0. The molecule has 0 heterocycles. The summed E-state index contributed by atoms with van der Waals surface area (Å²) in [6.45, 7) is 3.78. The molecule has 0 radical (unpaired) electrons. The maximum atomic E-state index is 11.5. The van der Waals surface area contributed by atoms with Crippen molar-refractivity contribution in [2.45, 2.75) is 33.1 Å². The van der Waals surface area contributed by atoms with Crippen molar-refractivity contribution < 1.29 is 71.5 Å². The average Bonchev–Trinajstić information content (AvgIpc) is 2.52. The quantitative estimate of drug-likeness (QED) is 0.548. The Kier molecular flexibility index (Phi) is 8.89. The summed E-state index contributed by atoms with van der Waals surface area (Å²) in [5.41, 5.74) is 2.40. The van der Waals surface area contributed by atoms with Crippen LogP contribution in [0, 0.1) is 0 Å². The van der Waals surface area contributed by atoms with E-state index in [4.69, 9.17) is 0 Å². The standard InChI is InChI=1S/C20H22O4.K/c1-13(2)8-11-16-17(21)12-15(18(19(16)22)20(23)24)10-9-14-6-4-3-5-7-14;/h3-8,12,21-22H,9-11H2,1-2H3,(H,23,24);/q;+1/p-1. The van der Waals surface area contributed by atoms with E-state index in [-0.39, 0.29) is 74.7 Å². The second-order valence-electron chi connectivity index (χ2n) is 6.02. The summed E-state index contributed by atoms with van der Waals surface area (Å²) in [5.74, 6) is -1.94. The summed E-state index contributed by atoms with van der Waals surface area (Å²) in [6, 6.07) is 11.0. The summed E-state index contributed by atoms with van der Waals surface area (Å²) in [4.78, 5) is 11.5. The minimum Gasteiger partial charge on any atom is -0.545 e. The normalized spacial score (nSPS) is 10.0. The van der Waals surface area contributed by atoms with Gasteiger partial charge in [-0.2, -0.15) is 0 Å². The Hall–Kier alpha value is -1.11. The molecule has 2 aromatic carbocycles. The summed E-state index contributed by atoms with van der Waals surface area (Å²) in [6.07, 6.45) is 3.07. The number of benzene rings is 2. The van der Waals surface area contributed by atoms with Crippen LogP contribution in [-0.2, 0) is 19.3 Å². The first-order valence-corrected chi connectivity index (χ1v) is 7.85. The van der Waals surface area contributed by atoms with E-state index in [2.05, 4.69) is 0 Å². The maximum Gasteiger partial charge on any atom is 1.00 e. The molecule has 25 heavy (non-hydrogen) atoms. The molecule has 0 aromatic heterocycles. The van der Waals surface area contributed by atoms with E-state index in [1.165, 1.54) is 6.07 Å². The Morgan fingerprint density at radius 2 is 1.76 bits per heavy atom. The Balaban J connectivity index is 0.00000312. The number of carbonyl (C=O) groups is 1. The van der Waals surface area contributed by atoms with E-state index in [0.29, 0.717) is 18.4 Å². The number of carboxylic acids is 1. The second kappa shape index (κ2) is 10.1. The van der Waals surface area contributed by atoms with Gasteiger partial charge in [0.25, 0.3) is 0 Å². The van der Waals surface area contributed by atoms with Crippen LogP contribution in [0.1, 0.15) is 40.9 Å². The molecule has 0 fully saturated rings. The number of hydrogen-bond acceptors (Lipinski definition) is 4. The smallest absolute Gasteiger partial charge is 0.545 e. The number of aromatic carboxylic acids is 1. The molecule has 2 rings (SSSR count). The summed E-state index contributed by atoms with van der Waals surface area (Å²) in [5, 5.41) is 32.0. The largest absolute Gasteiger partial charge is 1.00 e. The third-order valence-electron chi connectivity index (χ3n) is 3.91. The Morgan fingerprint density at radius 3 is 2.32 bits per heavy atom. The predicted octanol–water partition coefficient (Wildman–Crippen LogP) is -0.241. The SMILES string of the molecule is CC(C)=CCc1c(O)cc(CCc2ccccc2)c(C(=O)[O-])c1O.[K+]. The molecule has 2 aromatic rings. The summed E-state index contributed by atoms with van der Waals surface area (Å²) < 4.78 is 0. The fourth-order valence-corrected chi connectivity index (χ4v) is 2.60. The van der Waals surface area contributed by atoms with Crippen molar-refractivity contribution in [3.8, 4) is 11.5 Å². The van der Waals surface area contributed by atoms with Crippen molar-refractivity contribution in [3.63, 3.8) is 0 Å². The third-order valence-corrected chi connectivity index (χ3v) is 3.91. The van der Waals surface area contributed by atoms with Crippen LogP contribution >= 0.6 is 0 Å². The average molecular weight is 364 g/mol. The van der Waals surface area contributed by atoms with Gasteiger partial charge in [0.15, 0.2) is 0 Å². The molecule has 0 aliphatic heterocycles. The van der Waals surface area contributed by atoms with Crippen molar-refractivity contribution in [2.24, 2.45) is 0 Å². The third kappa shape index (κ3) is 5.97. The monoisotopic (exact) mass is 364 g/mol. The van der Waals surface area contributed by atoms with Crippen molar-refractivity contribution in [2.75, 3.05) is 0 Å². The van der Waals surface area contributed by atoms with Crippen LogP contribution in [0.2, 0.25) is 0 Å². The van der Waals surface area contributed by atoms with Gasteiger partial charge < -0.3 is 20.1 Å². The van der Waals surface area contributed by atoms with Crippen molar-refractivity contribution in [3.05, 3.63) is 70.3 Å². The number of phenols is 2. The van der Waals surface area contributed by atoms with Crippen LogP contribution in [0.3, 0.4) is 0 Å². The van der Waals surface area contributed by atoms with Crippen LogP contribution in [0.5, 0.6) is 11.5 Å². The molecule has 0 saturated heterocycles. The molecule has 5 heteroatoms.